The number of esters is 1. The van der Waals surface area contributed by atoms with Crippen molar-refractivity contribution < 1.29 is 17.9 Å². The minimum atomic E-state index is -3.50. The van der Waals surface area contributed by atoms with Crippen molar-refractivity contribution in [2.75, 3.05) is 18.9 Å². The Morgan fingerprint density at radius 2 is 2.23 bits per heavy atom. The highest BCUT2D eigenvalue weighted by molar-refractivity contribution is 7.89. The monoisotopic (exact) mass is 326 g/mol. The van der Waals surface area contributed by atoms with Crippen molar-refractivity contribution >= 4 is 16.0 Å². The number of piperidine rings is 1. The quantitative estimate of drug-likeness (QED) is 0.738. The molecule has 2 heterocycles. The van der Waals surface area contributed by atoms with E-state index < -0.39 is 22.0 Å². The molecule has 0 aliphatic carbocycles. The van der Waals surface area contributed by atoms with Crippen molar-refractivity contribution in [3.8, 4) is 0 Å². The van der Waals surface area contributed by atoms with Crippen LogP contribution >= 0.6 is 0 Å². The molecule has 0 radical (unpaired) electrons. The number of sulfonamides is 1. The molecule has 1 fully saturated rings. The number of aromatic nitrogens is 1. The molecule has 1 aromatic heterocycles. The Bertz CT molecular complexity index is 589. The molecule has 0 N–H and O–H groups in total. The van der Waals surface area contributed by atoms with Gasteiger partial charge in [0.15, 0.2) is 0 Å². The van der Waals surface area contributed by atoms with Crippen LogP contribution in [0.3, 0.4) is 0 Å². The van der Waals surface area contributed by atoms with Crippen LogP contribution in [0.2, 0.25) is 0 Å². The number of pyridine rings is 1. The molecule has 1 aromatic rings. The lowest BCUT2D eigenvalue weighted by molar-refractivity contribution is -0.148. The highest BCUT2D eigenvalue weighted by Crippen LogP contribution is 2.22. The number of nitrogens with zero attached hydrogens (tertiary/aromatic N) is 2. The third-order valence-corrected chi connectivity index (χ3v) is 5.58. The number of hydrogen-bond acceptors (Lipinski definition) is 5. The van der Waals surface area contributed by atoms with Crippen LogP contribution in [0.5, 0.6) is 0 Å². The molecule has 1 saturated heterocycles. The van der Waals surface area contributed by atoms with E-state index >= 15 is 0 Å². The van der Waals surface area contributed by atoms with Gasteiger partial charge in [0, 0.05) is 24.9 Å². The normalized spacial score (nSPS) is 19.8. The van der Waals surface area contributed by atoms with Gasteiger partial charge in [-0.05, 0) is 38.3 Å². The molecule has 7 heteroatoms. The van der Waals surface area contributed by atoms with Crippen LogP contribution in [0, 0.1) is 0 Å². The molecular weight excluding hydrogens is 304 g/mol. The van der Waals surface area contributed by atoms with Crippen LogP contribution in [0.4, 0.5) is 0 Å². The van der Waals surface area contributed by atoms with E-state index in [1.807, 2.05) is 6.07 Å². The molecule has 1 unspecified atom stereocenters. The zero-order chi connectivity index (χ0) is 16.0. The first kappa shape index (κ1) is 16.9. The Morgan fingerprint density at radius 3 is 2.91 bits per heavy atom. The van der Waals surface area contributed by atoms with Gasteiger partial charge >= 0.3 is 5.97 Å². The zero-order valence-corrected chi connectivity index (χ0v) is 13.6. The maximum atomic E-state index is 12.6. The minimum absolute atomic E-state index is 0.0417. The third kappa shape index (κ3) is 4.27. The first-order valence-electron chi connectivity index (χ1n) is 7.60. The topological polar surface area (TPSA) is 76.6 Å². The predicted molar refractivity (Wildman–Crippen MR) is 82.7 cm³/mol. The minimum Gasteiger partial charge on any atom is -0.465 e. The molecule has 0 bridgehead atoms. The standard InChI is InChI=1S/C15H22N2O4S/c1-2-21-15(18)14-8-4-6-11-17(14)22(19,20)12-9-13-7-3-5-10-16-13/h3,5,7,10,14H,2,4,6,8-9,11-12H2,1H3. The van der Waals surface area contributed by atoms with Crippen LogP contribution in [-0.4, -0.2) is 48.6 Å². The summed E-state index contributed by atoms with van der Waals surface area (Å²) < 4.78 is 31.5. The second-order valence-electron chi connectivity index (χ2n) is 5.26. The lowest BCUT2D eigenvalue weighted by atomic mass is 10.1. The first-order valence-corrected chi connectivity index (χ1v) is 9.21. The van der Waals surface area contributed by atoms with E-state index in [-0.39, 0.29) is 12.4 Å². The van der Waals surface area contributed by atoms with Gasteiger partial charge in [0.05, 0.1) is 12.4 Å². The Morgan fingerprint density at radius 1 is 1.41 bits per heavy atom. The van der Waals surface area contributed by atoms with Crippen LogP contribution < -0.4 is 0 Å². The zero-order valence-electron chi connectivity index (χ0n) is 12.8. The summed E-state index contributed by atoms with van der Waals surface area (Å²) in [6, 6.07) is 4.74. The van der Waals surface area contributed by atoms with Gasteiger partial charge in [-0.1, -0.05) is 6.07 Å². The Kier molecular flexibility index (Phi) is 5.90. The second-order valence-corrected chi connectivity index (χ2v) is 7.30. The van der Waals surface area contributed by atoms with Gasteiger partial charge in [-0.2, -0.15) is 4.31 Å². The van der Waals surface area contributed by atoms with Gasteiger partial charge < -0.3 is 4.74 Å². The summed E-state index contributed by atoms with van der Waals surface area (Å²) in [6.07, 6.45) is 4.13. The fourth-order valence-electron chi connectivity index (χ4n) is 2.61. The van der Waals surface area contributed by atoms with Crippen molar-refractivity contribution in [3.05, 3.63) is 30.1 Å². The number of rotatable bonds is 6. The summed E-state index contributed by atoms with van der Waals surface area (Å²) >= 11 is 0. The van der Waals surface area contributed by atoms with Crippen LogP contribution in [0.15, 0.2) is 24.4 Å². The molecule has 1 aliphatic rings. The SMILES string of the molecule is CCOC(=O)C1CCCCN1S(=O)(=O)CCc1ccccn1. The first-order chi connectivity index (χ1) is 10.5. The molecule has 2 rings (SSSR count). The number of aryl methyl sites for hydroxylation is 1. The Labute approximate surface area is 131 Å². The lowest BCUT2D eigenvalue weighted by Crippen LogP contribution is -2.49. The van der Waals surface area contributed by atoms with E-state index in [9.17, 15) is 13.2 Å². The summed E-state index contributed by atoms with van der Waals surface area (Å²) in [6.45, 7) is 2.37. The Hall–Kier alpha value is -1.47. The van der Waals surface area contributed by atoms with E-state index in [1.54, 1.807) is 25.3 Å². The summed E-state index contributed by atoms with van der Waals surface area (Å²) in [7, 11) is -3.50. The Balaban J connectivity index is 2.06. The molecule has 0 aromatic carbocycles. The number of carbonyl (C=O) groups excluding carboxylic acids is 1. The molecule has 6 nitrogen and oxygen atoms in total. The van der Waals surface area contributed by atoms with Crippen molar-refractivity contribution in [3.63, 3.8) is 0 Å². The summed E-state index contributed by atoms with van der Waals surface area (Å²) in [4.78, 5) is 16.1. The molecule has 0 spiro atoms. The highest BCUT2D eigenvalue weighted by Gasteiger charge is 2.37. The van der Waals surface area contributed by atoms with Crippen LogP contribution in [-0.2, 0) is 26.0 Å². The average molecular weight is 326 g/mol. The van der Waals surface area contributed by atoms with Crippen LogP contribution in [0.25, 0.3) is 0 Å². The van der Waals surface area contributed by atoms with E-state index in [0.717, 1.165) is 18.5 Å². The van der Waals surface area contributed by atoms with E-state index in [2.05, 4.69) is 4.98 Å². The predicted octanol–water partition coefficient (Wildman–Crippen LogP) is 1.37. The van der Waals surface area contributed by atoms with Crippen molar-refractivity contribution in [1.82, 2.24) is 9.29 Å². The smallest absolute Gasteiger partial charge is 0.324 e. The molecule has 22 heavy (non-hydrogen) atoms. The van der Waals surface area contributed by atoms with Crippen molar-refractivity contribution in [2.45, 2.75) is 38.6 Å². The maximum absolute atomic E-state index is 12.6. The van der Waals surface area contributed by atoms with Gasteiger partial charge in [0.2, 0.25) is 10.0 Å². The molecule has 122 valence electrons. The van der Waals surface area contributed by atoms with Gasteiger partial charge in [-0.3, -0.25) is 9.78 Å². The molecule has 0 amide bonds. The number of ether oxygens (including phenoxy) is 1. The van der Waals surface area contributed by atoms with Gasteiger partial charge in [0.25, 0.3) is 0 Å². The lowest BCUT2D eigenvalue weighted by Gasteiger charge is -2.32. The summed E-state index contributed by atoms with van der Waals surface area (Å²) in [5, 5.41) is 0. The van der Waals surface area contributed by atoms with Crippen LogP contribution in [0.1, 0.15) is 31.9 Å². The molecule has 1 atom stereocenters. The third-order valence-electron chi connectivity index (χ3n) is 3.71. The maximum Gasteiger partial charge on any atom is 0.324 e. The molecule has 1 aliphatic heterocycles. The fraction of sp³-hybridized carbons (Fsp3) is 0.600. The van der Waals surface area contributed by atoms with Gasteiger partial charge in [-0.15, -0.1) is 0 Å². The fourth-order valence-corrected chi connectivity index (χ4v) is 4.30. The number of carbonyl (C=O) groups is 1. The summed E-state index contributed by atoms with van der Waals surface area (Å²) in [5.74, 6) is -0.483. The molecular formula is C15H22N2O4S. The largest absolute Gasteiger partial charge is 0.465 e. The van der Waals surface area contributed by atoms with E-state index in [1.165, 1.54) is 4.31 Å². The average Bonchev–Trinajstić information content (AvgIpc) is 2.54. The summed E-state index contributed by atoms with van der Waals surface area (Å²) in [5.41, 5.74) is 0.732. The van der Waals surface area contributed by atoms with Crippen molar-refractivity contribution in [1.29, 1.82) is 0 Å². The number of hydrogen-bond donors (Lipinski definition) is 0. The van der Waals surface area contributed by atoms with Gasteiger partial charge in [-0.25, -0.2) is 8.42 Å². The second kappa shape index (κ2) is 7.69. The van der Waals surface area contributed by atoms with Gasteiger partial charge in [0.1, 0.15) is 6.04 Å². The highest BCUT2D eigenvalue weighted by atomic mass is 32.2. The van der Waals surface area contributed by atoms with Crippen molar-refractivity contribution in [2.24, 2.45) is 0 Å². The van der Waals surface area contributed by atoms with E-state index in [4.69, 9.17) is 4.74 Å². The van der Waals surface area contributed by atoms with E-state index in [0.29, 0.717) is 19.4 Å². The molecule has 0 saturated carbocycles.